The number of ketones is 3. The van der Waals surface area contributed by atoms with E-state index in [1.54, 1.807) is 6.92 Å². The summed E-state index contributed by atoms with van der Waals surface area (Å²) < 4.78 is 0. The SMILES string of the molecule is CC(=O)[C@H]1CC[C@H]2[C@@H]3CC(C)C4CC(=O)CC[C@]4(C)[C@H]3C(=O)C[C@]12C. The van der Waals surface area contributed by atoms with Crippen LogP contribution in [0.15, 0.2) is 0 Å². The van der Waals surface area contributed by atoms with E-state index in [9.17, 15) is 14.4 Å². The lowest BCUT2D eigenvalue weighted by atomic mass is 9.42. The van der Waals surface area contributed by atoms with E-state index in [1.165, 1.54) is 0 Å². The van der Waals surface area contributed by atoms with Gasteiger partial charge in [-0.15, -0.1) is 0 Å². The van der Waals surface area contributed by atoms with Crippen LogP contribution < -0.4 is 0 Å². The van der Waals surface area contributed by atoms with Gasteiger partial charge in [0.05, 0.1) is 0 Å². The van der Waals surface area contributed by atoms with Gasteiger partial charge in [0.25, 0.3) is 0 Å². The molecule has 8 atom stereocenters. The van der Waals surface area contributed by atoms with E-state index >= 15 is 0 Å². The van der Waals surface area contributed by atoms with E-state index in [0.717, 1.165) is 25.7 Å². The first kappa shape index (κ1) is 17.4. The Morgan fingerprint density at radius 3 is 2.48 bits per heavy atom. The van der Waals surface area contributed by atoms with Gasteiger partial charge >= 0.3 is 0 Å². The summed E-state index contributed by atoms with van der Waals surface area (Å²) >= 11 is 0. The fourth-order valence-electron chi connectivity index (χ4n) is 8.01. The van der Waals surface area contributed by atoms with Gasteiger partial charge in [-0.1, -0.05) is 20.8 Å². The zero-order valence-electron chi connectivity index (χ0n) is 16.1. The van der Waals surface area contributed by atoms with Gasteiger partial charge in [-0.2, -0.15) is 0 Å². The fraction of sp³-hybridized carbons (Fsp3) is 0.864. The van der Waals surface area contributed by atoms with Crippen molar-refractivity contribution in [2.75, 3.05) is 0 Å². The molecule has 4 aliphatic rings. The van der Waals surface area contributed by atoms with Crippen LogP contribution in [0.3, 0.4) is 0 Å². The Kier molecular flexibility index (Phi) is 3.84. The molecule has 0 aromatic heterocycles. The maximum absolute atomic E-state index is 13.4. The standard InChI is InChI=1S/C22H32O3/c1-12-9-15-17-6-5-16(13(2)23)22(17,4)11-19(25)20(15)21(3)8-7-14(24)10-18(12)21/h12,15-18,20H,5-11H2,1-4H3/t12?,15-,16+,17-,18?,20+,21-,22+/m0/s1. The zero-order chi connectivity index (χ0) is 18.1. The summed E-state index contributed by atoms with van der Waals surface area (Å²) in [4.78, 5) is 37.7. The van der Waals surface area contributed by atoms with Crippen LogP contribution in [-0.2, 0) is 14.4 Å². The number of rotatable bonds is 1. The molecule has 25 heavy (non-hydrogen) atoms. The maximum Gasteiger partial charge on any atom is 0.137 e. The van der Waals surface area contributed by atoms with Crippen LogP contribution >= 0.6 is 0 Å². The molecule has 0 aliphatic heterocycles. The van der Waals surface area contributed by atoms with Crippen molar-refractivity contribution in [1.82, 2.24) is 0 Å². The summed E-state index contributed by atoms with van der Waals surface area (Å²) in [5.74, 6) is 3.02. The number of Topliss-reactive ketones (excluding diaryl/α,β-unsaturated/α-hetero) is 3. The molecule has 0 heterocycles. The van der Waals surface area contributed by atoms with E-state index < -0.39 is 0 Å². The van der Waals surface area contributed by atoms with E-state index in [1.807, 2.05) is 0 Å². The third-order valence-electron chi connectivity index (χ3n) is 9.03. The molecule has 4 saturated carbocycles. The highest BCUT2D eigenvalue weighted by Crippen LogP contribution is 2.67. The summed E-state index contributed by atoms with van der Waals surface area (Å²) in [6, 6.07) is 0. The Hall–Kier alpha value is -0.990. The lowest BCUT2D eigenvalue weighted by Crippen LogP contribution is -2.59. The second kappa shape index (κ2) is 5.50. The summed E-state index contributed by atoms with van der Waals surface area (Å²) in [5, 5.41) is 0. The van der Waals surface area contributed by atoms with Crippen molar-refractivity contribution < 1.29 is 14.4 Å². The minimum Gasteiger partial charge on any atom is -0.300 e. The van der Waals surface area contributed by atoms with Gasteiger partial charge in [0.15, 0.2) is 0 Å². The predicted molar refractivity (Wildman–Crippen MR) is 95.8 cm³/mol. The molecule has 4 rings (SSSR count). The Bertz CT molecular complexity index is 637. The Balaban J connectivity index is 1.73. The summed E-state index contributed by atoms with van der Waals surface area (Å²) in [6.45, 7) is 8.53. The smallest absolute Gasteiger partial charge is 0.137 e. The Morgan fingerprint density at radius 1 is 1.08 bits per heavy atom. The number of hydrogen-bond donors (Lipinski definition) is 0. The number of carbonyl (C=O) groups is 3. The van der Waals surface area contributed by atoms with Crippen molar-refractivity contribution in [1.29, 1.82) is 0 Å². The summed E-state index contributed by atoms with van der Waals surface area (Å²) in [7, 11) is 0. The van der Waals surface area contributed by atoms with Crippen LogP contribution in [0.5, 0.6) is 0 Å². The van der Waals surface area contributed by atoms with Crippen molar-refractivity contribution in [2.24, 2.45) is 46.3 Å². The largest absolute Gasteiger partial charge is 0.300 e. The minimum absolute atomic E-state index is 0.0109. The molecule has 0 N–H and O–H groups in total. The molecule has 0 aromatic rings. The lowest BCUT2D eigenvalue weighted by Gasteiger charge is -2.60. The van der Waals surface area contributed by atoms with E-state index in [0.29, 0.717) is 54.5 Å². The van der Waals surface area contributed by atoms with Gasteiger partial charge in [-0.25, -0.2) is 0 Å². The third-order valence-corrected chi connectivity index (χ3v) is 9.03. The third kappa shape index (κ3) is 2.26. The molecule has 4 aliphatic carbocycles. The maximum atomic E-state index is 13.4. The second-order valence-electron chi connectivity index (χ2n) is 10.2. The van der Waals surface area contributed by atoms with E-state index in [4.69, 9.17) is 0 Å². The number of carbonyl (C=O) groups excluding carboxylic acids is 3. The molecule has 0 spiro atoms. The first-order valence-corrected chi connectivity index (χ1v) is 10.2. The highest BCUT2D eigenvalue weighted by molar-refractivity contribution is 5.87. The van der Waals surface area contributed by atoms with Crippen LogP contribution in [0.25, 0.3) is 0 Å². The van der Waals surface area contributed by atoms with Gasteiger partial charge in [-0.05, 0) is 67.1 Å². The minimum atomic E-state index is -0.127. The highest BCUT2D eigenvalue weighted by Gasteiger charge is 2.64. The van der Waals surface area contributed by atoms with Crippen LogP contribution in [0, 0.1) is 46.3 Å². The summed E-state index contributed by atoms with van der Waals surface area (Å²) in [5.41, 5.74) is -0.138. The van der Waals surface area contributed by atoms with Crippen LogP contribution in [0.1, 0.15) is 72.6 Å². The average Bonchev–Trinajstić information content (AvgIpc) is 2.85. The molecular weight excluding hydrogens is 312 g/mol. The summed E-state index contributed by atoms with van der Waals surface area (Å²) in [6.07, 6.45) is 5.90. The predicted octanol–water partition coefficient (Wildman–Crippen LogP) is 4.23. The van der Waals surface area contributed by atoms with Crippen LogP contribution in [0.4, 0.5) is 0 Å². The van der Waals surface area contributed by atoms with Crippen LogP contribution in [-0.4, -0.2) is 17.3 Å². The molecule has 3 nitrogen and oxygen atoms in total. The van der Waals surface area contributed by atoms with Gasteiger partial charge in [0, 0.05) is 31.1 Å². The molecule has 3 heteroatoms. The molecule has 0 amide bonds. The topological polar surface area (TPSA) is 51.2 Å². The van der Waals surface area contributed by atoms with Crippen molar-refractivity contribution in [3.05, 3.63) is 0 Å². The molecule has 138 valence electrons. The van der Waals surface area contributed by atoms with E-state index in [2.05, 4.69) is 20.8 Å². The highest BCUT2D eigenvalue weighted by atomic mass is 16.1. The molecule has 4 fully saturated rings. The van der Waals surface area contributed by atoms with Gasteiger partial charge < -0.3 is 0 Å². The van der Waals surface area contributed by atoms with Crippen molar-refractivity contribution in [2.45, 2.75) is 72.6 Å². The van der Waals surface area contributed by atoms with Crippen molar-refractivity contribution in [3.63, 3.8) is 0 Å². The molecule has 0 aromatic carbocycles. The van der Waals surface area contributed by atoms with Crippen molar-refractivity contribution >= 4 is 17.3 Å². The van der Waals surface area contributed by atoms with E-state index in [-0.39, 0.29) is 28.4 Å². The van der Waals surface area contributed by atoms with Crippen LogP contribution in [0.2, 0.25) is 0 Å². The molecule has 2 unspecified atom stereocenters. The number of hydrogen-bond acceptors (Lipinski definition) is 3. The lowest BCUT2D eigenvalue weighted by molar-refractivity contribution is -0.167. The molecule has 0 bridgehead atoms. The quantitative estimate of drug-likeness (QED) is 0.715. The van der Waals surface area contributed by atoms with Gasteiger partial charge in [-0.3, -0.25) is 14.4 Å². The Morgan fingerprint density at radius 2 is 1.80 bits per heavy atom. The molecular formula is C22H32O3. The average molecular weight is 344 g/mol. The Labute approximate surface area is 151 Å². The number of fused-ring (bicyclic) bond motifs is 5. The van der Waals surface area contributed by atoms with Crippen molar-refractivity contribution in [3.8, 4) is 0 Å². The monoisotopic (exact) mass is 344 g/mol. The fourth-order valence-corrected chi connectivity index (χ4v) is 8.01. The second-order valence-corrected chi connectivity index (χ2v) is 10.2. The normalized spacial score (nSPS) is 52.3. The molecule has 0 saturated heterocycles. The van der Waals surface area contributed by atoms with Gasteiger partial charge in [0.2, 0.25) is 0 Å². The molecule has 0 radical (unpaired) electrons. The first-order valence-electron chi connectivity index (χ1n) is 10.2. The zero-order valence-corrected chi connectivity index (χ0v) is 16.1. The van der Waals surface area contributed by atoms with Gasteiger partial charge in [0.1, 0.15) is 17.3 Å². The first-order chi connectivity index (χ1) is 11.7.